The second-order valence-electron chi connectivity index (χ2n) is 20.8. The zero-order valence-electron chi connectivity index (χ0n) is 37.4. The fourth-order valence-electron chi connectivity index (χ4n) is 10.3. The number of rotatable bonds is 10. The second-order valence-corrected chi connectivity index (χ2v) is 26.9. The topological polar surface area (TPSA) is 63.1 Å². The van der Waals surface area contributed by atoms with Crippen LogP contribution in [0.5, 0.6) is 0 Å². The van der Waals surface area contributed by atoms with Crippen molar-refractivity contribution in [1.82, 2.24) is 9.97 Å². The zero-order chi connectivity index (χ0) is 41.5. The molecule has 1 saturated carbocycles. The van der Waals surface area contributed by atoms with Crippen molar-refractivity contribution in [2.45, 2.75) is 128 Å². The normalized spacial score (nSPS) is 16.3. The average molecular weight is 982 g/mol. The van der Waals surface area contributed by atoms with E-state index in [1.165, 1.54) is 61.6 Å². The first-order valence-corrected chi connectivity index (χ1v) is 25.4. The van der Waals surface area contributed by atoms with E-state index in [1.807, 2.05) is 11.3 Å². The van der Waals surface area contributed by atoms with Crippen LogP contribution in [-0.2, 0) is 24.9 Å². The van der Waals surface area contributed by atoms with Gasteiger partial charge in [-0.25, -0.2) is 4.98 Å². The van der Waals surface area contributed by atoms with Crippen LogP contribution >= 0.6 is 11.3 Å². The number of carbonyl (C=O) groups is 1. The number of benzene rings is 3. The van der Waals surface area contributed by atoms with Crippen molar-refractivity contribution in [3.8, 4) is 11.3 Å². The van der Waals surface area contributed by atoms with E-state index in [0.29, 0.717) is 40.4 Å². The molecule has 1 radical (unpaired) electrons. The van der Waals surface area contributed by atoms with Gasteiger partial charge in [0.15, 0.2) is 5.78 Å². The Balaban J connectivity index is 0.000000309. The zero-order valence-corrected chi connectivity index (χ0v) is 41.6. The molecule has 1 N–H and O–H groups in total. The van der Waals surface area contributed by atoms with Crippen molar-refractivity contribution in [3.63, 3.8) is 0 Å². The molecule has 0 bridgehead atoms. The molecule has 1 aliphatic carbocycles. The number of hydrogen-bond acceptors (Lipinski definition) is 5. The van der Waals surface area contributed by atoms with Crippen LogP contribution < -0.4 is 5.19 Å². The van der Waals surface area contributed by atoms with Crippen molar-refractivity contribution in [2.24, 2.45) is 46.3 Å². The standard InChI is InChI=1S/C33H37N2SSi.C17H32O2.Ir/c1-32(2)17-24(18-33(3,4)19-32)21-12-13-26-27(15-21)36-31-29(34-20-35-30(26)31)23-14-22-10-8-9-11-25(22)28(16-23)37(5,6)7;1-10(2)16(11(3)4)14(18)9-15(19)17(12(5)6)13(7)8;/h8-13,15-16,20,24H,17-19H2,1-7H3;9-13,16-18H,1-8H3;/q-1;;/b;14-9-;. The quantitative estimate of drug-likeness (QED) is 0.0655. The van der Waals surface area contributed by atoms with E-state index in [4.69, 9.17) is 9.97 Å². The Kier molecular flexibility index (Phi) is 15.1. The number of carbonyl (C=O) groups excluding carboxylic acids is 1. The predicted octanol–water partition coefficient (Wildman–Crippen LogP) is 14.2. The average Bonchev–Trinajstić information content (AvgIpc) is 3.43. The molecule has 3 aromatic carbocycles. The molecule has 1 aliphatic rings. The molecule has 2 heterocycles. The summed E-state index contributed by atoms with van der Waals surface area (Å²) in [5.74, 6) is 2.23. The van der Waals surface area contributed by atoms with Crippen LogP contribution in [0.4, 0.5) is 0 Å². The maximum atomic E-state index is 12.3. The Hall–Kier alpha value is -2.70. The fraction of sp³-hybridized carbons (Fsp3) is 0.540. The minimum atomic E-state index is -1.57. The number of aliphatic hydroxyl groups is 1. The van der Waals surface area contributed by atoms with Crippen molar-refractivity contribution in [3.05, 3.63) is 78.3 Å². The van der Waals surface area contributed by atoms with Crippen LogP contribution in [0.2, 0.25) is 19.6 Å². The van der Waals surface area contributed by atoms with Gasteiger partial charge in [-0.2, -0.15) is 0 Å². The van der Waals surface area contributed by atoms with Gasteiger partial charge in [-0.3, -0.25) is 9.78 Å². The van der Waals surface area contributed by atoms with Gasteiger partial charge < -0.3 is 5.11 Å². The molecule has 0 atom stereocenters. The summed E-state index contributed by atoms with van der Waals surface area (Å²) < 4.78 is 2.49. The van der Waals surface area contributed by atoms with Gasteiger partial charge in [0.25, 0.3) is 0 Å². The van der Waals surface area contributed by atoms with Gasteiger partial charge in [-0.1, -0.05) is 144 Å². The minimum absolute atomic E-state index is 0. The molecular formula is C50H69IrN2O2SSi-. The third-order valence-electron chi connectivity index (χ3n) is 12.0. The number of ketones is 1. The van der Waals surface area contributed by atoms with Crippen LogP contribution in [-0.4, -0.2) is 28.9 Å². The molecule has 57 heavy (non-hydrogen) atoms. The molecule has 0 amide bonds. The third kappa shape index (κ3) is 10.9. The summed E-state index contributed by atoms with van der Waals surface area (Å²) in [6.45, 7) is 33.6. The second kappa shape index (κ2) is 18.3. The Morgan fingerprint density at radius 2 is 1.40 bits per heavy atom. The van der Waals surface area contributed by atoms with E-state index in [2.05, 4.69) is 157 Å². The SMILES string of the molecule is CC(C)C(C(=O)/C=C(\O)C(C(C)C)C(C)C)C(C)C.CC1(C)CC(c2ccc3c(c2)sc2c(-c4[c-]c5ccccc5c([Si](C)(C)C)c4)ncnc23)CC(C)(C)C1.[Ir]. The Labute approximate surface area is 363 Å². The predicted molar refractivity (Wildman–Crippen MR) is 246 cm³/mol. The number of nitrogens with zero attached hydrogens (tertiary/aromatic N) is 2. The molecule has 2 aromatic heterocycles. The first-order chi connectivity index (χ1) is 26.0. The van der Waals surface area contributed by atoms with Crippen LogP contribution in [0, 0.1) is 52.4 Å². The largest absolute Gasteiger partial charge is 0.512 e. The number of aromatic nitrogens is 2. The van der Waals surface area contributed by atoms with E-state index in [0.717, 1.165) is 16.8 Å². The van der Waals surface area contributed by atoms with Crippen LogP contribution in [0.15, 0.2) is 66.7 Å². The van der Waals surface area contributed by atoms with Gasteiger partial charge in [-0.05, 0) is 71.3 Å². The molecule has 0 unspecified atom stereocenters. The third-order valence-corrected chi connectivity index (χ3v) is 15.2. The summed E-state index contributed by atoms with van der Waals surface area (Å²) in [5, 5.41) is 15.5. The molecule has 0 aliphatic heterocycles. The first kappa shape index (κ1) is 47.0. The molecule has 7 heteroatoms. The molecule has 6 rings (SSSR count). The van der Waals surface area contributed by atoms with E-state index in [1.54, 1.807) is 6.33 Å². The number of fused-ring (bicyclic) bond motifs is 4. The summed E-state index contributed by atoms with van der Waals surface area (Å²) in [6, 6.07) is 21.9. The number of hydrogen-bond donors (Lipinski definition) is 1. The van der Waals surface area contributed by atoms with E-state index >= 15 is 0 Å². The molecule has 0 spiro atoms. The van der Waals surface area contributed by atoms with Crippen LogP contribution in [0.25, 0.3) is 42.3 Å². The number of thiophene rings is 1. The Morgan fingerprint density at radius 3 is 1.96 bits per heavy atom. The summed E-state index contributed by atoms with van der Waals surface area (Å²) in [5.41, 5.74) is 5.40. The van der Waals surface area contributed by atoms with Crippen molar-refractivity contribution < 1.29 is 30.0 Å². The van der Waals surface area contributed by atoms with Gasteiger partial charge in [0.2, 0.25) is 0 Å². The van der Waals surface area contributed by atoms with E-state index < -0.39 is 8.07 Å². The fourth-order valence-corrected chi connectivity index (χ4v) is 13.1. The monoisotopic (exact) mass is 982 g/mol. The van der Waals surface area contributed by atoms with Crippen LogP contribution in [0.3, 0.4) is 0 Å². The van der Waals surface area contributed by atoms with Gasteiger partial charge in [0, 0.05) is 58.5 Å². The summed E-state index contributed by atoms with van der Waals surface area (Å²) in [7, 11) is -1.57. The summed E-state index contributed by atoms with van der Waals surface area (Å²) in [4.78, 5) is 22.0. The van der Waals surface area contributed by atoms with E-state index in [9.17, 15) is 9.90 Å². The minimum Gasteiger partial charge on any atom is -0.512 e. The van der Waals surface area contributed by atoms with Crippen molar-refractivity contribution in [1.29, 1.82) is 0 Å². The smallest absolute Gasteiger partial charge is 0.162 e. The van der Waals surface area contributed by atoms with Crippen molar-refractivity contribution >= 4 is 61.5 Å². The molecular weight excluding hydrogens is 913 g/mol. The Morgan fingerprint density at radius 1 is 0.825 bits per heavy atom. The molecule has 1 fully saturated rings. The number of aliphatic hydroxyl groups excluding tert-OH is 1. The van der Waals surface area contributed by atoms with Crippen molar-refractivity contribution in [2.75, 3.05) is 0 Å². The van der Waals surface area contributed by atoms with Gasteiger partial charge in [0.1, 0.15) is 6.33 Å². The molecule has 5 aromatic rings. The number of allylic oxidation sites excluding steroid dienone is 2. The Bertz CT molecular complexity index is 2180. The maximum Gasteiger partial charge on any atom is 0.162 e. The first-order valence-electron chi connectivity index (χ1n) is 21.1. The van der Waals surface area contributed by atoms with Gasteiger partial charge >= 0.3 is 0 Å². The maximum absolute atomic E-state index is 12.3. The van der Waals surface area contributed by atoms with Gasteiger partial charge in [-0.15, -0.1) is 40.1 Å². The van der Waals surface area contributed by atoms with Crippen LogP contribution in [0.1, 0.15) is 114 Å². The van der Waals surface area contributed by atoms with E-state index in [-0.39, 0.29) is 43.5 Å². The summed E-state index contributed by atoms with van der Waals surface area (Å²) in [6.07, 6.45) is 7.02. The molecule has 311 valence electrons. The molecule has 0 saturated heterocycles. The molecule has 4 nitrogen and oxygen atoms in total. The summed E-state index contributed by atoms with van der Waals surface area (Å²) >= 11 is 1.85. The van der Waals surface area contributed by atoms with Gasteiger partial charge in [0.05, 0.1) is 19.3 Å².